The first-order chi connectivity index (χ1) is 9.45. The second kappa shape index (κ2) is 5.94. The Labute approximate surface area is 126 Å². The molecule has 0 aliphatic rings. The van der Waals surface area contributed by atoms with Gasteiger partial charge in [-0.1, -0.05) is 18.2 Å². The Morgan fingerprint density at radius 3 is 2.50 bits per heavy atom. The molecule has 2 rings (SSSR count). The first-order valence-corrected chi connectivity index (χ1v) is 7.09. The van der Waals surface area contributed by atoms with Gasteiger partial charge in [0, 0.05) is 0 Å². The molecule has 0 spiro atoms. The second-order valence-corrected chi connectivity index (χ2v) is 5.59. The van der Waals surface area contributed by atoms with Crippen LogP contribution in [0.3, 0.4) is 0 Å². The van der Waals surface area contributed by atoms with E-state index < -0.39 is 0 Å². The fourth-order valence-electron chi connectivity index (χ4n) is 2.30. The molecule has 0 radical (unpaired) electrons. The zero-order valence-electron chi connectivity index (χ0n) is 11.7. The number of benzene rings is 2. The minimum Gasteiger partial charge on any atom is -0.496 e. The van der Waals surface area contributed by atoms with E-state index in [4.69, 9.17) is 10.5 Å². The van der Waals surface area contributed by atoms with Crippen molar-refractivity contribution in [3.8, 4) is 5.75 Å². The maximum atomic E-state index is 13.6. The number of nitrogens with two attached hydrogens (primary N) is 1. The minimum absolute atomic E-state index is 0.305. The second-order valence-electron chi connectivity index (χ2n) is 4.80. The van der Waals surface area contributed by atoms with Crippen molar-refractivity contribution in [3.63, 3.8) is 0 Å². The summed E-state index contributed by atoms with van der Waals surface area (Å²) in [5, 5.41) is 0. The van der Waals surface area contributed by atoms with Crippen molar-refractivity contribution in [2.75, 3.05) is 7.11 Å². The van der Waals surface area contributed by atoms with Gasteiger partial charge in [-0.05, 0) is 64.2 Å². The normalized spacial score (nSPS) is 12.3. The average Bonchev–Trinajstić information content (AvgIpc) is 2.43. The molecule has 0 saturated carbocycles. The minimum atomic E-state index is -0.385. The highest BCUT2D eigenvalue weighted by Crippen LogP contribution is 2.32. The first-order valence-electron chi connectivity index (χ1n) is 6.30. The molecule has 0 heterocycles. The van der Waals surface area contributed by atoms with E-state index in [1.165, 1.54) is 6.07 Å². The van der Waals surface area contributed by atoms with Crippen molar-refractivity contribution < 1.29 is 9.13 Å². The van der Waals surface area contributed by atoms with Gasteiger partial charge < -0.3 is 10.5 Å². The summed E-state index contributed by atoms with van der Waals surface area (Å²) in [6.07, 6.45) is 0. The van der Waals surface area contributed by atoms with E-state index in [1.54, 1.807) is 13.2 Å². The van der Waals surface area contributed by atoms with Crippen LogP contribution in [0.2, 0.25) is 0 Å². The van der Waals surface area contributed by atoms with E-state index in [-0.39, 0.29) is 11.9 Å². The third kappa shape index (κ3) is 2.72. The molecule has 0 saturated heterocycles. The maximum absolute atomic E-state index is 13.6. The van der Waals surface area contributed by atoms with Gasteiger partial charge in [-0.15, -0.1) is 0 Å². The highest BCUT2D eigenvalue weighted by Gasteiger charge is 2.17. The molecule has 1 atom stereocenters. The monoisotopic (exact) mass is 337 g/mol. The molecule has 0 aromatic heterocycles. The van der Waals surface area contributed by atoms with Crippen LogP contribution in [0.4, 0.5) is 4.39 Å². The predicted molar refractivity (Wildman–Crippen MR) is 82.6 cm³/mol. The number of methoxy groups -OCH3 is 1. The maximum Gasteiger partial charge on any atom is 0.137 e. The van der Waals surface area contributed by atoms with Crippen LogP contribution >= 0.6 is 15.9 Å². The van der Waals surface area contributed by atoms with Crippen molar-refractivity contribution in [1.29, 1.82) is 0 Å². The van der Waals surface area contributed by atoms with Gasteiger partial charge in [-0.25, -0.2) is 4.39 Å². The van der Waals surface area contributed by atoms with Crippen molar-refractivity contribution in [2.45, 2.75) is 19.9 Å². The summed E-state index contributed by atoms with van der Waals surface area (Å²) in [7, 11) is 1.64. The number of ether oxygens (including phenoxy) is 1. The lowest BCUT2D eigenvalue weighted by atomic mass is 9.94. The number of rotatable bonds is 3. The molecule has 0 bridgehead atoms. The SMILES string of the molecule is COc1cc(C)c(C(N)c2cccc(F)c2Br)cc1C. The molecule has 0 fully saturated rings. The summed E-state index contributed by atoms with van der Waals surface area (Å²) in [5.41, 5.74) is 10.0. The number of aryl methyl sites for hydroxylation is 2. The van der Waals surface area contributed by atoms with Crippen LogP contribution in [0.25, 0.3) is 0 Å². The highest BCUT2D eigenvalue weighted by molar-refractivity contribution is 9.10. The molecule has 0 amide bonds. The molecule has 0 aliphatic heterocycles. The Morgan fingerprint density at radius 2 is 1.85 bits per heavy atom. The molecule has 2 N–H and O–H groups in total. The Morgan fingerprint density at radius 1 is 1.15 bits per heavy atom. The van der Waals surface area contributed by atoms with Gasteiger partial charge in [0.05, 0.1) is 17.6 Å². The van der Waals surface area contributed by atoms with Crippen LogP contribution in [0, 0.1) is 19.7 Å². The zero-order valence-corrected chi connectivity index (χ0v) is 13.3. The van der Waals surface area contributed by atoms with Gasteiger partial charge in [0.15, 0.2) is 0 Å². The van der Waals surface area contributed by atoms with Gasteiger partial charge in [0.2, 0.25) is 0 Å². The Bertz CT molecular complexity index is 643. The van der Waals surface area contributed by atoms with Crippen LogP contribution in [-0.4, -0.2) is 7.11 Å². The standard InChI is InChI=1S/C16H17BrFNO/c1-9-8-14(20-3)10(2)7-12(9)16(19)11-5-4-6-13(18)15(11)17/h4-8,16H,19H2,1-3H3. The van der Waals surface area contributed by atoms with E-state index in [9.17, 15) is 4.39 Å². The topological polar surface area (TPSA) is 35.2 Å². The van der Waals surface area contributed by atoms with Crippen LogP contribution in [0.5, 0.6) is 5.75 Å². The predicted octanol–water partition coefficient (Wildman–Crippen LogP) is 4.26. The molecule has 4 heteroatoms. The third-order valence-corrected chi connectivity index (χ3v) is 4.27. The lowest BCUT2D eigenvalue weighted by molar-refractivity contribution is 0.411. The van der Waals surface area contributed by atoms with Crippen LogP contribution in [0.15, 0.2) is 34.8 Å². The molecular formula is C16H17BrFNO. The Balaban J connectivity index is 2.51. The van der Waals surface area contributed by atoms with Crippen LogP contribution in [-0.2, 0) is 0 Å². The molecule has 2 aromatic carbocycles. The summed E-state index contributed by atoms with van der Waals surface area (Å²) in [5.74, 6) is 0.526. The van der Waals surface area contributed by atoms with Gasteiger partial charge in [-0.2, -0.15) is 0 Å². The summed E-state index contributed by atoms with van der Waals surface area (Å²) in [6, 6.07) is 8.47. The quantitative estimate of drug-likeness (QED) is 0.907. The summed E-state index contributed by atoms with van der Waals surface area (Å²) < 4.78 is 19.3. The molecule has 20 heavy (non-hydrogen) atoms. The summed E-state index contributed by atoms with van der Waals surface area (Å²) >= 11 is 3.27. The molecular weight excluding hydrogens is 321 g/mol. The Kier molecular flexibility index (Phi) is 4.45. The molecule has 1 unspecified atom stereocenters. The van der Waals surface area contributed by atoms with Crippen LogP contribution < -0.4 is 10.5 Å². The lowest BCUT2D eigenvalue weighted by Crippen LogP contribution is -2.15. The summed E-state index contributed by atoms with van der Waals surface area (Å²) in [6.45, 7) is 3.94. The van der Waals surface area contributed by atoms with Gasteiger partial charge in [-0.3, -0.25) is 0 Å². The van der Waals surface area contributed by atoms with Crippen molar-refractivity contribution in [1.82, 2.24) is 0 Å². The first kappa shape index (κ1) is 15.0. The number of halogens is 2. The van der Waals surface area contributed by atoms with Crippen LogP contribution in [0.1, 0.15) is 28.3 Å². The third-order valence-electron chi connectivity index (χ3n) is 3.44. The molecule has 2 nitrogen and oxygen atoms in total. The zero-order chi connectivity index (χ0) is 14.9. The largest absolute Gasteiger partial charge is 0.496 e. The van der Waals surface area contributed by atoms with Gasteiger partial charge >= 0.3 is 0 Å². The van der Waals surface area contributed by atoms with E-state index in [0.29, 0.717) is 4.47 Å². The fourth-order valence-corrected chi connectivity index (χ4v) is 2.81. The fraction of sp³-hybridized carbons (Fsp3) is 0.250. The smallest absolute Gasteiger partial charge is 0.137 e. The average molecular weight is 338 g/mol. The Hall–Kier alpha value is -1.39. The molecule has 2 aromatic rings. The highest BCUT2D eigenvalue weighted by atomic mass is 79.9. The van der Waals surface area contributed by atoms with E-state index in [1.807, 2.05) is 32.0 Å². The van der Waals surface area contributed by atoms with Gasteiger partial charge in [0.25, 0.3) is 0 Å². The van der Waals surface area contributed by atoms with Crippen molar-refractivity contribution >= 4 is 15.9 Å². The van der Waals surface area contributed by atoms with Gasteiger partial charge in [0.1, 0.15) is 11.6 Å². The number of hydrogen-bond donors (Lipinski definition) is 1. The van der Waals surface area contributed by atoms with Crippen molar-refractivity contribution in [3.05, 3.63) is 62.9 Å². The summed E-state index contributed by atoms with van der Waals surface area (Å²) in [4.78, 5) is 0. The van der Waals surface area contributed by atoms with E-state index in [2.05, 4.69) is 15.9 Å². The number of hydrogen-bond acceptors (Lipinski definition) is 2. The van der Waals surface area contributed by atoms with E-state index in [0.717, 1.165) is 28.0 Å². The lowest BCUT2D eigenvalue weighted by Gasteiger charge is -2.19. The molecule has 106 valence electrons. The molecule has 0 aliphatic carbocycles. The van der Waals surface area contributed by atoms with Crippen molar-refractivity contribution in [2.24, 2.45) is 5.73 Å². The van der Waals surface area contributed by atoms with E-state index >= 15 is 0 Å².